The van der Waals surface area contributed by atoms with E-state index in [-0.39, 0.29) is 6.10 Å². The first-order valence-electron chi connectivity index (χ1n) is 5.08. The fourth-order valence-corrected chi connectivity index (χ4v) is 1.36. The Morgan fingerprint density at radius 3 is 3.00 bits per heavy atom. The van der Waals surface area contributed by atoms with Gasteiger partial charge in [-0.05, 0) is 25.6 Å². The molecule has 0 aromatic carbocycles. The number of ether oxygens (including phenoxy) is 1. The van der Waals surface area contributed by atoms with Gasteiger partial charge in [-0.15, -0.1) is 0 Å². The molecule has 0 radical (unpaired) electrons. The van der Waals surface area contributed by atoms with Crippen LogP contribution in [-0.4, -0.2) is 24.7 Å². The summed E-state index contributed by atoms with van der Waals surface area (Å²) < 4.78 is 5.77. The molecule has 3 nitrogen and oxygen atoms in total. The molecular formula is C11H18N2O. The third-order valence-electron chi connectivity index (χ3n) is 1.98. The first-order valence-corrected chi connectivity index (χ1v) is 5.08. The molecular weight excluding hydrogens is 176 g/mol. The normalized spacial score (nSPS) is 12.4. The van der Waals surface area contributed by atoms with E-state index in [1.165, 1.54) is 0 Å². The van der Waals surface area contributed by atoms with Gasteiger partial charge in [-0.2, -0.15) is 0 Å². The Morgan fingerprint density at radius 2 is 2.43 bits per heavy atom. The van der Waals surface area contributed by atoms with Gasteiger partial charge in [0, 0.05) is 12.7 Å². The van der Waals surface area contributed by atoms with Crippen LogP contribution in [0.1, 0.15) is 19.8 Å². The quantitative estimate of drug-likeness (QED) is 0.750. The summed E-state index contributed by atoms with van der Waals surface area (Å²) in [5.41, 5.74) is 0. The van der Waals surface area contributed by atoms with E-state index in [0.717, 1.165) is 25.1 Å². The Bertz CT molecular complexity index is 232. The molecule has 0 amide bonds. The van der Waals surface area contributed by atoms with Gasteiger partial charge in [0.15, 0.2) is 0 Å². The van der Waals surface area contributed by atoms with Crippen molar-refractivity contribution in [3.63, 3.8) is 0 Å². The second kappa shape index (κ2) is 6.38. The lowest BCUT2D eigenvalue weighted by atomic mass is 10.2. The topological polar surface area (TPSA) is 34.1 Å². The fourth-order valence-electron chi connectivity index (χ4n) is 1.36. The van der Waals surface area contributed by atoms with Crippen LogP contribution in [0.4, 0.5) is 0 Å². The van der Waals surface area contributed by atoms with Crippen molar-refractivity contribution in [2.75, 3.05) is 13.6 Å². The summed E-state index contributed by atoms with van der Waals surface area (Å²) in [5.74, 6) is 0.848. The van der Waals surface area contributed by atoms with E-state index in [2.05, 4.69) is 17.2 Å². The van der Waals surface area contributed by atoms with Crippen LogP contribution in [0.25, 0.3) is 0 Å². The Hall–Kier alpha value is -1.09. The van der Waals surface area contributed by atoms with Crippen molar-refractivity contribution in [1.29, 1.82) is 0 Å². The third-order valence-corrected chi connectivity index (χ3v) is 1.98. The van der Waals surface area contributed by atoms with Crippen LogP contribution in [0.3, 0.4) is 0 Å². The van der Waals surface area contributed by atoms with Crippen LogP contribution in [0, 0.1) is 0 Å². The van der Waals surface area contributed by atoms with Crippen molar-refractivity contribution in [1.82, 2.24) is 10.3 Å². The average Bonchev–Trinajstić information content (AvgIpc) is 2.20. The van der Waals surface area contributed by atoms with Crippen molar-refractivity contribution in [2.45, 2.75) is 25.9 Å². The summed E-state index contributed by atoms with van der Waals surface area (Å²) in [5, 5.41) is 3.13. The molecule has 1 unspecified atom stereocenters. The number of nitrogens with one attached hydrogen (secondary N) is 1. The van der Waals surface area contributed by atoms with Gasteiger partial charge in [-0.25, -0.2) is 0 Å². The van der Waals surface area contributed by atoms with Crippen LogP contribution >= 0.6 is 0 Å². The molecule has 0 saturated heterocycles. The monoisotopic (exact) mass is 194 g/mol. The van der Waals surface area contributed by atoms with E-state index in [0.29, 0.717) is 0 Å². The molecule has 1 aromatic rings. The molecule has 1 aromatic heterocycles. The lowest BCUT2D eigenvalue weighted by Crippen LogP contribution is -2.29. The Labute approximate surface area is 85.5 Å². The van der Waals surface area contributed by atoms with E-state index in [1.807, 2.05) is 19.2 Å². The predicted octanol–water partition coefficient (Wildman–Crippen LogP) is 1.85. The molecule has 0 aliphatic heterocycles. The lowest BCUT2D eigenvalue weighted by Gasteiger charge is -2.17. The number of pyridine rings is 1. The predicted molar refractivity (Wildman–Crippen MR) is 57.5 cm³/mol. The Morgan fingerprint density at radius 1 is 1.57 bits per heavy atom. The highest BCUT2D eigenvalue weighted by molar-refractivity contribution is 5.15. The minimum absolute atomic E-state index is 0.245. The molecule has 0 aliphatic carbocycles. The van der Waals surface area contributed by atoms with Gasteiger partial charge in [0.2, 0.25) is 0 Å². The van der Waals surface area contributed by atoms with Crippen molar-refractivity contribution in [3.8, 4) is 5.75 Å². The first kappa shape index (κ1) is 11.0. The highest BCUT2D eigenvalue weighted by Gasteiger charge is 2.07. The van der Waals surface area contributed by atoms with Crippen LogP contribution in [0.5, 0.6) is 5.75 Å². The highest BCUT2D eigenvalue weighted by atomic mass is 16.5. The molecule has 1 rings (SSSR count). The molecule has 0 aliphatic rings. The molecule has 0 fully saturated rings. The van der Waals surface area contributed by atoms with E-state index in [1.54, 1.807) is 12.4 Å². The number of hydrogen-bond acceptors (Lipinski definition) is 3. The molecule has 0 spiro atoms. The number of rotatable bonds is 6. The van der Waals surface area contributed by atoms with Crippen LogP contribution in [0.2, 0.25) is 0 Å². The van der Waals surface area contributed by atoms with Crippen molar-refractivity contribution >= 4 is 0 Å². The zero-order valence-electron chi connectivity index (χ0n) is 8.86. The summed E-state index contributed by atoms with van der Waals surface area (Å²) in [6, 6.07) is 3.82. The van der Waals surface area contributed by atoms with E-state index in [4.69, 9.17) is 4.74 Å². The van der Waals surface area contributed by atoms with E-state index >= 15 is 0 Å². The minimum atomic E-state index is 0.245. The molecule has 0 bridgehead atoms. The fraction of sp³-hybridized carbons (Fsp3) is 0.545. The zero-order chi connectivity index (χ0) is 10.2. The van der Waals surface area contributed by atoms with Gasteiger partial charge >= 0.3 is 0 Å². The van der Waals surface area contributed by atoms with Gasteiger partial charge in [0.1, 0.15) is 11.9 Å². The van der Waals surface area contributed by atoms with Gasteiger partial charge < -0.3 is 10.1 Å². The number of aromatic nitrogens is 1. The second-order valence-electron chi connectivity index (χ2n) is 3.27. The van der Waals surface area contributed by atoms with Gasteiger partial charge in [-0.3, -0.25) is 4.98 Å². The average molecular weight is 194 g/mol. The van der Waals surface area contributed by atoms with Crippen molar-refractivity contribution in [2.24, 2.45) is 0 Å². The number of hydrogen-bond donors (Lipinski definition) is 1. The minimum Gasteiger partial charge on any atom is -0.487 e. The maximum atomic E-state index is 5.77. The van der Waals surface area contributed by atoms with E-state index < -0.39 is 0 Å². The molecule has 78 valence electrons. The second-order valence-corrected chi connectivity index (χ2v) is 3.27. The maximum absolute atomic E-state index is 5.77. The molecule has 3 heteroatoms. The lowest BCUT2D eigenvalue weighted by molar-refractivity contribution is 0.188. The smallest absolute Gasteiger partial charge is 0.138 e. The summed E-state index contributed by atoms with van der Waals surface area (Å²) >= 11 is 0. The number of likely N-dealkylation sites (N-methyl/N-ethyl adjacent to an activating group) is 1. The summed E-state index contributed by atoms with van der Waals surface area (Å²) in [6.07, 6.45) is 5.94. The van der Waals surface area contributed by atoms with Gasteiger partial charge in [0.25, 0.3) is 0 Å². The van der Waals surface area contributed by atoms with E-state index in [9.17, 15) is 0 Å². The summed E-state index contributed by atoms with van der Waals surface area (Å²) in [6.45, 7) is 3.04. The van der Waals surface area contributed by atoms with Crippen LogP contribution in [0.15, 0.2) is 24.5 Å². The maximum Gasteiger partial charge on any atom is 0.138 e. The van der Waals surface area contributed by atoms with Crippen molar-refractivity contribution < 1.29 is 4.74 Å². The Balaban J connectivity index is 2.46. The van der Waals surface area contributed by atoms with Gasteiger partial charge in [-0.1, -0.05) is 13.3 Å². The van der Waals surface area contributed by atoms with Gasteiger partial charge in [0.05, 0.1) is 6.20 Å². The van der Waals surface area contributed by atoms with Crippen molar-refractivity contribution in [3.05, 3.63) is 24.5 Å². The SMILES string of the molecule is CCCC(CNC)Oc1cccnc1. The molecule has 14 heavy (non-hydrogen) atoms. The molecule has 1 heterocycles. The largest absolute Gasteiger partial charge is 0.487 e. The summed E-state index contributed by atoms with van der Waals surface area (Å²) in [4.78, 5) is 4.01. The molecule has 1 atom stereocenters. The number of nitrogens with zero attached hydrogens (tertiary/aromatic N) is 1. The molecule has 1 N–H and O–H groups in total. The zero-order valence-corrected chi connectivity index (χ0v) is 8.86. The van der Waals surface area contributed by atoms with Crippen LogP contribution in [-0.2, 0) is 0 Å². The molecule has 0 saturated carbocycles. The standard InChI is InChI=1S/C11H18N2O/c1-3-5-10(8-12-2)14-11-6-4-7-13-9-11/h4,6-7,9-10,12H,3,5,8H2,1-2H3. The Kier molecular flexibility index (Phi) is 5.00. The highest BCUT2D eigenvalue weighted by Crippen LogP contribution is 2.11. The summed E-state index contributed by atoms with van der Waals surface area (Å²) in [7, 11) is 1.94. The van der Waals surface area contributed by atoms with Crippen LogP contribution < -0.4 is 10.1 Å². The third kappa shape index (κ3) is 3.75. The first-order chi connectivity index (χ1) is 6.86.